The number of para-hydroxylation sites is 1. The van der Waals surface area contributed by atoms with Crippen molar-refractivity contribution in [1.29, 1.82) is 0 Å². The summed E-state index contributed by atoms with van der Waals surface area (Å²) in [5.74, 6) is 0.792. The predicted molar refractivity (Wildman–Crippen MR) is 111 cm³/mol. The van der Waals surface area contributed by atoms with Gasteiger partial charge in [0.2, 0.25) is 11.8 Å². The number of carbonyl (C=O) groups is 1. The van der Waals surface area contributed by atoms with Crippen LogP contribution < -0.4 is 4.90 Å². The number of amides is 1. The van der Waals surface area contributed by atoms with E-state index in [1.54, 1.807) is 12.1 Å². The first-order chi connectivity index (χ1) is 13.7. The fourth-order valence-electron chi connectivity index (χ4n) is 3.04. The van der Waals surface area contributed by atoms with Crippen molar-refractivity contribution in [3.63, 3.8) is 0 Å². The second kappa shape index (κ2) is 8.67. The molecular weight excluding hydrogens is 396 g/mol. The van der Waals surface area contributed by atoms with Gasteiger partial charge in [0.05, 0.1) is 5.75 Å². The van der Waals surface area contributed by atoms with E-state index in [0.29, 0.717) is 29.2 Å². The first-order valence-electron chi connectivity index (χ1n) is 8.99. The Labute approximate surface area is 172 Å². The number of piperazine rings is 1. The molecule has 1 aliphatic rings. The summed E-state index contributed by atoms with van der Waals surface area (Å²) in [7, 11) is 0. The van der Waals surface area contributed by atoms with Crippen LogP contribution in [0.2, 0.25) is 5.02 Å². The summed E-state index contributed by atoms with van der Waals surface area (Å²) in [6, 6.07) is 17.5. The van der Waals surface area contributed by atoms with Crippen molar-refractivity contribution in [3.05, 3.63) is 59.6 Å². The molecule has 0 spiro atoms. The lowest BCUT2D eigenvalue weighted by Gasteiger charge is -2.36. The zero-order valence-corrected chi connectivity index (χ0v) is 16.7. The summed E-state index contributed by atoms with van der Waals surface area (Å²) >= 11 is 7.16. The van der Waals surface area contributed by atoms with Gasteiger partial charge in [-0.05, 0) is 36.4 Å². The third kappa shape index (κ3) is 4.48. The Morgan fingerprint density at radius 2 is 1.71 bits per heavy atom. The molecule has 0 N–H and O–H groups in total. The van der Waals surface area contributed by atoms with Gasteiger partial charge in [0.1, 0.15) is 0 Å². The molecule has 4 rings (SSSR count). The van der Waals surface area contributed by atoms with Gasteiger partial charge in [0.25, 0.3) is 5.22 Å². The van der Waals surface area contributed by atoms with E-state index in [0.717, 1.165) is 18.7 Å². The average molecular weight is 415 g/mol. The maximum atomic E-state index is 12.5. The first-order valence-corrected chi connectivity index (χ1v) is 10.4. The zero-order chi connectivity index (χ0) is 19.3. The number of rotatable bonds is 5. The minimum Gasteiger partial charge on any atom is -0.411 e. The highest BCUT2D eigenvalue weighted by Crippen LogP contribution is 2.25. The number of hydrogen-bond acceptors (Lipinski definition) is 6. The topological polar surface area (TPSA) is 62.5 Å². The van der Waals surface area contributed by atoms with Crippen molar-refractivity contribution in [1.82, 2.24) is 15.1 Å². The van der Waals surface area contributed by atoms with Crippen LogP contribution >= 0.6 is 23.4 Å². The zero-order valence-electron chi connectivity index (χ0n) is 15.1. The number of nitrogens with zero attached hydrogens (tertiary/aromatic N) is 4. The van der Waals surface area contributed by atoms with Crippen molar-refractivity contribution in [2.75, 3.05) is 36.8 Å². The molecule has 0 atom stereocenters. The highest BCUT2D eigenvalue weighted by atomic mass is 35.5. The van der Waals surface area contributed by atoms with E-state index in [4.69, 9.17) is 16.0 Å². The average Bonchev–Trinajstić information content (AvgIpc) is 3.22. The molecule has 0 saturated carbocycles. The van der Waals surface area contributed by atoms with Crippen molar-refractivity contribution < 1.29 is 9.21 Å². The lowest BCUT2D eigenvalue weighted by molar-refractivity contribution is -0.128. The van der Waals surface area contributed by atoms with Crippen molar-refractivity contribution >= 4 is 35.0 Å². The van der Waals surface area contributed by atoms with Gasteiger partial charge in [-0.3, -0.25) is 4.79 Å². The van der Waals surface area contributed by atoms with E-state index >= 15 is 0 Å². The predicted octanol–water partition coefficient (Wildman–Crippen LogP) is 3.83. The summed E-state index contributed by atoms with van der Waals surface area (Å²) in [4.78, 5) is 16.7. The Morgan fingerprint density at radius 3 is 2.43 bits per heavy atom. The summed E-state index contributed by atoms with van der Waals surface area (Å²) in [5.41, 5.74) is 2.00. The molecule has 1 aliphatic heterocycles. The lowest BCUT2D eigenvalue weighted by atomic mass is 10.2. The van der Waals surface area contributed by atoms with E-state index < -0.39 is 0 Å². The van der Waals surface area contributed by atoms with Gasteiger partial charge in [-0.25, -0.2) is 0 Å². The summed E-state index contributed by atoms with van der Waals surface area (Å²) in [6.45, 7) is 3.10. The largest absolute Gasteiger partial charge is 0.411 e. The molecule has 1 amide bonds. The van der Waals surface area contributed by atoms with Gasteiger partial charge in [0.15, 0.2) is 0 Å². The Bertz CT molecular complexity index is 925. The molecule has 8 heteroatoms. The van der Waals surface area contributed by atoms with Gasteiger partial charge >= 0.3 is 0 Å². The Morgan fingerprint density at radius 1 is 1.00 bits per heavy atom. The van der Waals surface area contributed by atoms with Crippen LogP contribution in [-0.4, -0.2) is 52.9 Å². The van der Waals surface area contributed by atoms with E-state index in [-0.39, 0.29) is 11.7 Å². The molecule has 0 bridgehead atoms. The second-order valence-electron chi connectivity index (χ2n) is 6.37. The van der Waals surface area contributed by atoms with Crippen molar-refractivity contribution in [2.24, 2.45) is 0 Å². The maximum absolute atomic E-state index is 12.5. The lowest BCUT2D eigenvalue weighted by Crippen LogP contribution is -2.49. The smallest absolute Gasteiger partial charge is 0.277 e. The van der Waals surface area contributed by atoms with Crippen LogP contribution in [0.3, 0.4) is 0 Å². The molecule has 0 radical (unpaired) electrons. The first kappa shape index (κ1) is 18.8. The van der Waals surface area contributed by atoms with Gasteiger partial charge in [-0.15, -0.1) is 10.2 Å². The Balaban J connectivity index is 1.28. The summed E-state index contributed by atoms with van der Waals surface area (Å²) < 4.78 is 5.64. The third-order valence-corrected chi connectivity index (χ3v) is 5.63. The molecule has 28 heavy (non-hydrogen) atoms. The van der Waals surface area contributed by atoms with Crippen LogP contribution in [0.25, 0.3) is 11.5 Å². The Kier molecular flexibility index (Phi) is 5.83. The molecule has 1 fully saturated rings. The molecule has 0 unspecified atom stereocenters. The van der Waals surface area contributed by atoms with E-state index in [1.165, 1.54) is 17.4 Å². The molecule has 3 aromatic rings. The van der Waals surface area contributed by atoms with Crippen molar-refractivity contribution in [2.45, 2.75) is 5.22 Å². The number of aromatic nitrogens is 2. The van der Waals surface area contributed by atoms with Crippen LogP contribution in [0.5, 0.6) is 0 Å². The fourth-order valence-corrected chi connectivity index (χ4v) is 3.84. The van der Waals surface area contributed by atoms with Gasteiger partial charge in [-0.2, -0.15) is 0 Å². The SMILES string of the molecule is O=C(CSc1nnc(-c2ccc(Cl)cc2)o1)N1CCN(c2ccccc2)CC1. The van der Waals surface area contributed by atoms with Crippen molar-refractivity contribution in [3.8, 4) is 11.5 Å². The fraction of sp³-hybridized carbons (Fsp3) is 0.250. The van der Waals surface area contributed by atoms with E-state index in [9.17, 15) is 4.79 Å². The van der Waals surface area contributed by atoms with Gasteiger partial charge < -0.3 is 14.2 Å². The van der Waals surface area contributed by atoms with Crippen LogP contribution in [0.4, 0.5) is 5.69 Å². The number of benzene rings is 2. The summed E-state index contributed by atoms with van der Waals surface area (Å²) in [6.07, 6.45) is 0. The molecule has 0 aliphatic carbocycles. The van der Waals surface area contributed by atoms with Gasteiger partial charge in [0, 0.05) is 42.5 Å². The number of hydrogen-bond donors (Lipinski definition) is 0. The number of thioether (sulfide) groups is 1. The van der Waals surface area contributed by atoms with Crippen LogP contribution in [0, 0.1) is 0 Å². The normalized spacial score (nSPS) is 14.3. The van der Waals surface area contributed by atoms with Crippen LogP contribution in [0.1, 0.15) is 0 Å². The molecular formula is C20H19ClN4O2S. The monoisotopic (exact) mass is 414 g/mol. The van der Waals surface area contributed by atoms with Gasteiger partial charge in [-0.1, -0.05) is 41.6 Å². The highest BCUT2D eigenvalue weighted by molar-refractivity contribution is 7.99. The molecule has 144 valence electrons. The second-order valence-corrected chi connectivity index (χ2v) is 7.74. The minimum atomic E-state index is 0.0870. The molecule has 2 aromatic carbocycles. The van der Waals surface area contributed by atoms with E-state index in [2.05, 4.69) is 27.2 Å². The summed E-state index contributed by atoms with van der Waals surface area (Å²) in [5, 5.41) is 9.10. The standard InChI is InChI=1S/C20H19ClN4O2S/c21-16-8-6-15(7-9-16)19-22-23-20(27-19)28-14-18(26)25-12-10-24(11-13-25)17-4-2-1-3-5-17/h1-9H,10-14H2. The molecule has 1 saturated heterocycles. The molecule has 2 heterocycles. The molecule has 6 nitrogen and oxygen atoms in total. The number of halogens is 1. The number of anilines is 1. The quantitative estimate of drug-likeness (QED) is 0.591. The molecule has 1 aromatic heterocycles. The van der Waals surface area contributed by atoms with E-state index in [1.807, 2.05) is 35.2 Å². The maximum Gasteiger partial charge on any atom is 0.277 e. The third-order valence-electron chi connectivity index (χ3n) is 4.57. The van der Waals surface area contributed by atoms with Crippen LogP contribution in [-0.2, 0) is 4.79 Å². The minimum absolute atomic E-state index is 0.0870. The number of carbonyl (C=O) groups excluding carboxylic acids is 1. The Hall–Kier alpha value is -2.51. The highest BCUT2D eigenvalue weighted by Gasteiger charge is 2.22. The van der Waals surface area contributed by atoms with Crippen LogP contribution in [0.15, 0.2) is 64.2 Å².